The highest BCUT2D eigenvalue weighted by molar-refractivity contribution is 5.94. The van der Waals surface area contributed by atoms with Gasteiger partial charge in [-0.25, -0.2) is 5.43 Å². The minimum absolute atomic E-state index is 0.0482. The van der Waals surface area contributed by atoms with Crippen molar-refractivity contribution in [2.45, 2.75) is 19.8 Å². The Morgan fingerprint density at radius 2 is 2.15 bits per heavy atom. The molecule has 0 unspecified atom stereocenters. The van der Waals surface area contributed by atoms with Crippen LogP contribution in [0.3, 0.4) is 0 Å². The molecule has 1 saturated heterocycles. The Kier molecular flexibility index (Phi) is 5.75. The van der Waals surface area contributed by atoms with E-state index in [9.17, 15) is 14.9 Å². The molecule has 2 heterocycles. The van der Waals surface area contributed by atoms with Crippen LogP contribution >= 0.6 is 0 Å². The molecule has 140 valence electrons. The maximum absolute atomic E-state index is 11.9. The SMILES string of the molecule is CC1CCN(c2ccc(/C=N/NC(=O)c3cccnc3)cc2[N+](=O)[O-])CC1. The van der Waals surface area contributed by atoms with Crippen LogP contribution in [-0.4, -0.2) is 35.1 Å². The summed E-state index contributed by atoms with van der Waals surface area (Å²) >= 11 is 0. The molecule has 0 radical (unpaired) electrons. The molecule has 8 nitrogen and oxygen atoms in total. The molecule has 0 aliphatic carbocycles. The molecule has 1 aromatic carbocycles. The number of hydrazone groups is 1. The van der Waals surface area contributed by atoms with Crippen molar-refractivity contribution in [3.63, 3.8) is 0 Å². The summed E-state index contributed by atoms with van der Waals surface area (Å²) in [6, 6.07) is 8.27. The van der Waals surface area contributed by atoms with Crippen molar-refractivity contribution in [1.29, 1.82) is 0 Å². The molecule has 0 saturated carbocycles. The highest BCUT2D eigenvalue weighted by atomic mass is 16.6. The Balaban J connectivity index is 1.72. The molecule has 8 heteroatoms. The van der Waals surface area contributed by atoms with E-state index < -0.39 is 5.91 Å². The molecule has 1 amide bonds. The van der Waals surface area contributed by atoms with E-state index in [1.807, 2.05) is 0 Å². The van der Waals surface area contributed by atoms with E-state index in [1.54, 1.807) is 30.5 Å². The second kappa shape index (κ2) is 8.39. The summed E-state index contributed by atoms with van der Waals surface area (Å²) < 4.78 is 0. The fraction of sp³-hybridized carbons (Fsp3) is 0.316. The van der Waals surface area contributed by atoms with Gasteiger partial charge in [0, 0.05) is 37.1 Å². The summed E-state index contributed by atoms with van der Waals surface area (Å²) in [5, 5.41) is 15.4. The summed E-state index contributed by atoms with van der Waals surface area (Å²) in [6.07, 6.45) is 6.46. The van der Waals surface area contributed by atoms with E-state index in [2.05, 4.69) is 27.3 Å². The van der Waals surface area contributed by atoms with Crippen molar-refractivity contribution in [2.75, 3.05) is 18.0 Å². The van der Waals surface area contributed by atoms with Crippen molar-refractivity contribution in [3.05, 3.63) is 64.0 Å². The Labute approximate surface area is 157 Å². The second-order valence-corrected chi connectivity index (χ2v) is 6.62. The summed E-state index contributed by atoms with van der Waals surface area (Å²) in [5.74, 6) is 0.253. The molecule has 1 aliphatic rings. The summed E-state index contributed by atoms with van der Waals surface area (Å²) in [4.78, 5) is 29.0. The molecule has 0 bridgehead atoms. The Hall–Kier alpha value is -3.29. The zero-order chi connectivity index (χ0) is 19.2. The number of nitro benzene ring substituents is 1. The number of nitro groups is 1. The van der Waals surface area contributed by atoms with Gasteiger partial charge in [0.1, 0.15) is 5.69 Å². The van der Waals surface area contributed by atoms with Crippen LogP contribution in [-0.2, 0) is 0 Å². The van der Waals surface area contributed by atoms with Crippen LogP contribution in [0.2, 0.25) is 0 Å². The van der Waals surface area contributed by atoms with Gasteiger partial charge in [-0.3, -0.25) is 19.9 Å². The van der Waals surface area contributed by atoms with E-state index in [-0.39, 0.29) is 10.6 Å². The van der Waals surface area contributed by atoms with Crippen LogP contribution in [0.15, 0.2) is 47.8 Å². The van der Waals surface area contributed by atoms with Gasteiger partial charge >= 0.3 is 0 Å². The number of nitrogens with zero attached hydrogens (tertiary/aromatic N) is 4. The molecular weight excluding hydrogens is 346 g/mol. The zero-order valence-corrected chi connectivity index (χ0v) is 15.0. The molecular formula is C19H21N5O3. The van der Waals surface area contributed by atoms with Gasteiger partial charge in [-0.15, -0.1) is 0 Å². The van der Waals surface area contributed by atoms with Crippen LogP contribution < -0.4 is 10.3 Å². The zero-order valence-electron chi connectivity index (χ0n) is 15.0. The maximum Gasteiger partial charge on any atom is 0.293 e. The predicted octanol–water partition coefficient (Wildman–Crippen LogP) is 2.99. The van der Waals surface area contributed by atoms with Gasteiger partial charge in [0.15, 0.2) is 0 Å². The first kappa shape index (κ1) is 18.5. The monoisotopic (exact) mass is 367 g/mol. The normalized spacial score (nSPS) is 15.1. The molecule has 0 atom stereocenters. The molecule has 0 spiro atoms. The van der Waals surface area contributed by atoms with E-state index in [0.29, 0.717) is 22.7 Å². The fourth-order valence-corrected chi connectivity index (χ4v) is 3.01. The molecule has 1 fully saturated rings. The number of anilines is 1. The molecule has 1 N–H and O–H groups in total. The average molecular weight is 367 g/mol. The van der Waals surface area contributed by atoms with Crippen LogP contribution in [0, 0.1) is 16.0 Å². The van der Waals surface area contributed by atoms with E-state index in [0.717, 1.165) is 25.9 Å². The largest absolute Gasteiger partial charge is 0.366 e. The van der Waals surface area contributed by atoms with E-state index in [4.69, 9.17) is 0 Å². The number of hydrogen-bond donors (Lipinski definition) is 1. The Morgan fingerprint density at radius 3 is 2.81 bits per heavy atom. The first-order valence-corrected chi connectivity index (χ1v) is 8.81. The topological polar surface area (TPSA) is 101 Å². The molecule has 1 aliphatic heterocycles. The van der Waals surface area contributed by atoms with Gasteiger partial charge < -0.3 is 4.90 Å². The molecule has 3 rings (SSSR count). The third kappa shape index (κ3) is 4.66. The number of carbonyl (C=O) groups is 1. The van der Waals surface area contributed by atoms with Gasteiger partial charge in [-0.1, -0.05) is 13.0 Å². The quantitative estimate of drug-likeness (QED) is 0.497. The first-order valence-electron chi connectivity index (χ1n) is 8.81. The highest BCUT2D eigenvalue weighted by Crippen LogP contribution is 2.31. The van der Waals surface area contributed by atoms with Crippen molar-refractivity contribution in [2.24, 2.45) is 11.0 Å². The smallest absolute Gasteiger partial charge is 0.293 e. The molecule has 27 heavy (non-hydrogen) atoms. The van der Waals surface area contributed by atoms with Gasteiger partial charge in [0.05, 0.1) is 16.7 Å². The fourth-order valence-electron chi connectivity index (χ4n) is 3.01. The Morgan fingerprint density at radius 1 is 1.37 bits per heavy atom. The number of pyridine rings is 1. The van der Waals surface area contributed by atoms with Crippen molar-refractivity contribution < 1.29 is 9.72 Å². The predicted molar refractivity (Wildman–Crippen MR) is 103 cm³/mol. The summed E-state index contributed by atoms with van der Waals surface area (Å²) in [7, 11) is 0. The van der Waals surface area contributed by atoms with Crippen molar-refractivity contribution in [3.8, 4) is 0 Å². The van der Waals surface area contributed by atoms with Crippen molar-refractivity contribution >= 4 is 23.5 Å². The second-order valence-electron chi connectivity index (χ2n) is 6.62. The van der Waals surface area contributed by atoms with Crippen LogP contribution in [0.4, 0.5) is 11.4 Å². The number of benzene rings is 1. The number of nitrogens with one attached hydrogen (secondary N) is 1. The summed E-state index contributed by atoms with van der Waals surface area (Å²) in [5.41, 5.74) is 3.99. The molecule has 1 aromatic heterocycles. The van der Waals surface area contributed by atoms with E-state index >= 15 is 0 Å². The first-order chi connectivity index (χ1) is 13.0. The van der Waals surface area contributed by atoms with Crippen molar-refractivity contribution in [1.82, 2.24) is 10.4 Å². The third-order valence-electron chi connectivity index (χ3n) is 4.62. The lowest BCUT2D eigenvalue weighted by molar-refractivity contribution is -0.384. The number of carbonyl (C=O) groups excluding carboxylic acids is 1. The lowest BCUT2D eigenvalue weighted by Gasteiger charge is -2.31. The Bertz CT molecular complexity index is 846. The van der Waals surface area contributed by atoms with Crippen LogP contribution in [0.25, 0.3) is 0 Å². The number of rotatable bonds is 5. The summed E-state index contributed by atoms with van der Waals surface area (Å²) in [6.45, 7) is 3.83. The average Bonchev–Trinajstić information content (AvgIpc) is 2.69. The van der Waals surface area contributed by atoms with Gasteiger partial charge in [0.2, 0.25) is 0 Å². The van der Waals surface area contributed by atoms with Crippen LogP contribution in [0.5, 0.6) is 0 Å². The van der Waals surface area contributed by atoms with Gasteiger partial charge in [-0.2, -0.15) is 5.10 Å². The molecule has 2 aromatic rings. The standard InChI is InChI=1S/C19H21N5O3/c1-14-6-9-23(10-7-14)17-5-4-15(11-18(17)24(26)27)12-21-22-19(25)16-3-2-8-20-13-16/h2-5,8,11-14H,6-7,9-10H2,1H3,(H,22,25)/b21-12+. The van der Waals surface area contributed by atoms with Gasteiger partial charge in [-0.05, 0) is 37.0 Å². The lowest BCUT2D eigenvalue weighted by Crippen LogP contribution is -2.33. The minimum atomic E-state index is -0.395. The highest BCUT2D eigenvalue weighted by Gasteiger charge is 2.23. The number of aromatic nitrogens is 1. The number of hydrogen-bond acceptors (Lipinski definition) is 6. The lowest BCUT2D eigenvalue weighted by atomic mass is 9.98. The number of piperidine rings is 1. The van der Waals surface area contributed by atoms with E-state index in [1.165, 1.54) is 18.5 Å². The minimum Gasteiger partial charge on any atom is -0.366 e. The van der Waals surface area contributed by atoms with Crippen LogP contribution in [0.1, 0.15) is 35.7 Å². The maximum atomic E-state index is 11.9. The third-order valence-corrected chi connectivity index (χ3v) is 4.62. The van der Waals surface area contributed by atoms with Gasteiger partial charge in [0.25, 0.3) is 11.6 Å². The number of amides is 1.